The van der Waals surface area contributed by atoms with E-state index in [4.69, 9.17) is 12.2 Å². The maximum atomic E-state index is 4.82. The van der Waals surface area contributed by atoms with E-state index >= 15 is 0 Å². The Bertz CT molecular complexity index is 90.4. The van der Waals surface area contributed by atoms with Crippen LogP contribution in [-0.4, -0.2) is 17.1 Å². The molecule has 0 radical (unpaired) electrons. The van der Waals surface area contributed by atoms with Crippen LogP contribution in [0, 0.1) is 0 Å². The SMILES string of the molecule is C=CCSC(=S)NC. The van der Waals surface area contributed by atoms with Crippen molar-refractivity contribution in [3.05, 3.63) is 12.7 Å². The van der Waals surface area contributed by atoms with E-state index in [-0.39, 0.29) is 0 Å². The van der Waals surface area contributed by atoms with Crippen LogP contribution >= 0.6 is 24.0 Å². The molecule has 0 aromatic rings. The quantitative estimate of drug-likeness (QED) is 0.468. The maximum absolute atomic E-state index is 4.82. The van der Waals surface area contributed by atoms with Crippen LogP contribution in [0.25, 0.3) is 0 Å². The number of thioether (sulfide) groups is 1. The minimum atomic E-state index is 0.824. The summed E-state index contributed by atoms with van der Waals surface area (Å²) in [5.41, 5.74) is 0. The third-order valence-corrected chi connectivity index (χ3v) is 1.96. The van der Waals surface area contributed by atoms with Crippen LogP contribution < -0.4 is 5.32 Å². The second kappa shape index (κ2) is 5.12. The average molecular weight is 147 g/mol. The lowest BCUT2D eigenvalue weighted by atomic mass is 10.8. The molecule has 0 aromatic carbocycles. The van der Waals surface area contributed by atoms with E-state index in [9.17, 15) is 0 Å². The Morgan fingerprint density at radius 3 is 3.00 bits per heavy atom. The molecule has 0 aromatic heterocycles. The molecule has 1 nitrogen and oxygen atoms in total. The molecule has 0 rings (SSSR count). The van der Waals surface area contributed by atoms with Crippen LogP contribution in [0.15, 0.2) is 12.7 Å². The number of hydrogen-bond acceptors (Lipinski definition) is 2. The molecular weight excluding hydrogens is 138 g/mol. The van der Waals surface area contributed by atoms with Gasteiger partial charge in [0, 0.05) is 12.8 Å². The number of rotatable bonds is 2. The third-order valence-electron chi connectivity index (χ3n) is 0.536. The molecule has 0 aliphatic carbocycles. The first-order valence-corrected chi connectivity index (χ1v) is 3.66. The van der Waals surface area contributed by atoms with Crippen molar-refractivity contribution in [3.63, 3.8) is 0 Å². The van der Waals surface area contributed by atoms with E-state index in [1.807, 2.05) is 13.1 Å². The number of nitrogens with one attached hydrogen (secondary N) is 1. The van der Waals surface area contributed by atoms with Gasteiger partial charge in [-0.1, -0.05) is 30.1 Å². The molecule has 0 aliphatic heterocycles. The highest BCUT2D eigenvalue weighted by Crippen LogP contribution is 1.99. The van der Waals surface area contributed by atoms with E-state index in [2.05, 4.69) is 11.9 Å². The van der Waals surface area contributed by atoms with Crippen LogP contribution in [0.4, 0.5) is 0 Å². The van der Waals surface area contributed by atoms with Crippen molar-refractivity contribution in [3.8, 4) is 0 Å². The molecule has 0 amide bonds. The summed E-state index contributed by atoms with van der Waals surface area (Å²) in [5, 5.41) is 2.85. The molecule has 8 heavy (non-hydrogen) atoms. The molecule has 46 valence electrons. The first kappa shape index (κ1) is 7.98. The van der Waals surface area contributed by atoms with Gasteiger partial charge < -0.3 is 5.32 Å². The fraction of sp³-hybridized carbons (Fsp3) is 0.400. The first-order chi connectivity index (χ1) is 3.81. The van der Waals surface area contributed by atoms with Gasteiger partial charge in [0.15, 0.2) is 0 Å². The lowest BCUT2D eigenvalue weighted by molar-refractivity contribution is 1.23. The van der Waals surface area contributed by atoms with Gasteiger partial charge in [-0.05, 0) is 0 Å². The van der Waals surface area contributed by atoms with Gasteiger partial charge in [-0.2, -0.15) is 0 Å². The van der Waals surface area contributed by atoms with Gasteiger partial charge in [0.25, 0.3) is 0 Å². The van der Waals surface area contributed by atoms with Crippen LogP contribution in [0.2, 0.25) is 0 Å². The fourth-order valence-electron chi connectivity index (χ4n) is 0.207. The van der Waals surface area contributed by atoms with Crippen molar-refractivity contribution in [2.45, 2.75) is 0 Å². The van der Waals surface area contributed by atoms with Gasteiger partial charge >= 0.3 is 0 Å². The van der Waals surface area contributed by atoms with E-state index in [0.29, 0.717) is 0 Å². The minimum Gasteiger partial charge on any atom is -0.374 e. The predicted molar refractivity (Wildman–Crippen MR) is 44.3 cm³/mol. The third kappa shape index (κ3) is 4.15. The molecule has 0 aliphatic rings. The van der Waals surface area contributed by atoms with Crippen molar-refractivity contribution in [1.29, 1.82) is 0 Å². The Hall–Kier alpha value is -0.0200. The largest absolute Gasteiger partial charge is 0.374 e. The highest BCUT2D eigenvalue weighted by atomic mass is 32.2. The molecule has 0 bridgehead atoms. The summed E-state index contributed by atoms with van der Waals surface area (Å²) in [4.78, 5) is 0. The van der Waals surface area contributed by atoms with E-state index in [1.54, 1.807) is 11.8 Å². The van der Waals surface area contributed by atoms with Crippen LogP contribution in [0.3, 0.4) is 0 Å². The number of thiocarbonyl (C=S) groups is 1. The van der Waals surface area contributed by atoms with Gasteiger partial charge in [0.1, 0.15) is 4.32 Å². The highest BCUT2D eigenvalue weighted by Gasteiger charge is 1.86. The van der Waals surface area contributed by atoms with Crippen LogP contribution in [0.5, 0.6) is 0 Å². The van der Waals surface area contributed by atoms with Crippen molar-refractivity contribution in [2.75, 3.05) is 12.8 Å². The summed E-state index contributed by atoms with van der Waals surface area (Å²) in [6, 6.07) is 0. The lowest BCUT2D eigenvalue weighted by Gasteiger charge is -1.95. The summed E-state index contributed by atoms with van der Waals surface area (Å²) in [7, 11) is 1.82. The summed E-state index contributed by atoms with van der Waals surface area (Å²) in [6.45, 7) is 3.56. The zero-order chi connectivity index (χ0) is 6.41. The van der Waals surface area contributed by atoms with Gasteiger partial charge in [-0.3, -0.25) is 0 Å². The minimum absolute atomic E-state index is 0.824. The molecular formula is C5H9NS2. The molecule has 0 spiro atoms. The summed E-state index contributed by atoms with van der Waals surface area (Å²) < 4.78 is 0.824. The van der Waals surface area contributed by atoms with Crippen molar-refractivity contribution < 1.29 is 0 Å². The molecule has 0 saturated heterocycles. The average Bonchev–Trinajstić information content (AvgIpc) is 1.83. The molecule has 1 N–H and O–H groups in total. The highest BCUT2D eigenvalue weighted by molar-refractivity contribution is 8.23. The summed E-state index contributed by atoms with van der Waals surface area (Å²) in [6.07, 6.45) is 1.83. The number of hydrogen-bond donors (Lipinski definition) is 1. The lowest BCUT2D eigenvalue weighted by Crippen LogP contribution is -2.10. The zero-order valence-corrected chi connectivity index (χ0v) is 6.44. The van der Waals surface area contributed by atoms with E-state index in [1.165, 1.54) is 0 Å². The molecule has 3 heteroatoms. The molecule has 0 heterocycles. The molecule has 0 atom stereocenters. The van der Waals surface area contributed by atoms with Crippen LogP contribution in [-0.2, 0) is 0 Å². The van der Waals surface area contributed by atoms with Gasteiger partial charge in [-0.15, -0.1) is 6.58 Å². The van der Waals surface area contributed by atoms with Gasteiger partial charge in [0.05, 0.1) is 0 Å². The fourth-order valence-corrected chi connectivity index (χ4v) is 0.824. The Morgan fingerprint density at radius 1 is 2.00 bits per heavy atom. The second-order valence-corrected chi connectivity index (χ2v) is 2.83. The molecule has 0 saturated carbocycles. The Kier molecular flexibility index (Phi) is 5.11. The van der Waals surface area contributed by atoms with Crippen molar-refractivity contribution in [1.82, 2.24) is 5.32 Å². The summed E-state index contributed by atoms with van der Waals surface area (Å²) >= 11 is 6.40. The van der Waals surface area contributed by atoms with E-state index < -0.39 is 0 Å². The van der Waals surface area contributed by atoms with Gasteiger partial charge in [-0.25, -0.2) is 0 Å². The van der Waals surface area contributed by atoms with Gasteiger partial charge in [0.2, 0.25) is 0 Å². The Morgan fingerprint density at radius 2 is 2.62 bits per heavy atom. The monoisotopic (exact) mass is 147 g/mol. The molecule has 0 unspecified atom stereocenters. The zero-order valence-electron chi connectivity index (χ0n) is 4.81. The molecule has 0 fully saturated rings. The smallest absolute Gasteiger partial charge is 0.133 e. The maximum Gasteiger partial charge on any atom is 0.133 e. The summed E-state index contributed by atoms with van der Waals surface area (Å²) in [5.74, 6) is 0.889. The normalized spacial score (nSPS) is 8.12. The first-order valence-electron chi connectivity index (χ1n) is 2.26. The topological polar surface area (TPSA) is 12.0 Å². The standard InChI is InChI=1S/C5H9NS2/c1-3-4-8-5(7)6-2/h3H,1,4H2,2H3,(H,6,7). The second-order valence-electron chi connectivity index (χ2n) is 1.14. The van der Waals surface area contributed by atoms with Crippen molar-refractivity contribution in [2.24, 2.45) is 0 Å². The van der Waals surface area contributed by atoms with Crippen molar-refractivity contribution >= 4 is 28.3 Å². The van der Waals surface area contributed by atoms with E-state index in [0.717, 1.165) is 10.1 Å². The van der Waals surface area contributed by atoms with Crippen LogP contribution in [0.1, 0.15) is 0 Å². The Balaban J connectivity index is 3.11. The Labute approximate surface area is 59.5 Å². The predicted octanol–water partition coefficient (Wildman–Crippen LogP) is 1.41.